The first-order valence-electron chi connectivity index (χ1n) is 5.37. The van der Waals surface area contributed by atoms with Crippen molar-refractivity contribution in [1.82, 2.24) is 0 Å². The summed E-state index contributed by atoms with van der Waals surface area (Å²) in [5.41, 5.74) is 3.06. The van der Waals surface area contributed by atoms with Gasteiger partial charge in [-0.2, -0.15) is 0 Å². The first-order valence-corrected chi connectivity index (χ1v) is 5.37. The zero-order chi connectivity index (χ0) is 10.1. The van der Waals surface area contributed by atoms with Crippen LogP contribution < -0.4 is 0 Å². The quantitative estimate of drug-likeness (QED) is 0.519. The summed E-state index contributed by atoms with van der Waals surface area (Å²) in [6, 6.07) is 0. The van der Waals surface area contributed by atoms with Gasteiger partial charge in [-0.1, -0.05) is 37.1 Å². The Bertz CT molecular complexity index is 172. The van der Waals surface area contributed by atoms with Gasteiger partial charge in [0, 0.05) is 0 Å². The van der Waals surface area contributed by atoms with Crippen LogP contribution in [0.1, 0.15) is 52.9 Å². The predicted molar refractivity (Wildman–Crippen MR) is 61.6 cm³/mol. The van der Waals surface area contributed by atoms with Crippen molar-refractivity contribution in [3.8, 4) is 0 Å². The molecule has 0 aliphatic rings. The van der Waals surface area contributed by atoms with Gasteiger partial charge in [-0.25, -0.2) is 0 Å². The van der Waals surface area contributed by atoms with Gasteiger partial charge < -0.3 is 0 Å². The Balaban J connectivity index is 3.79. The highest BCUT2D eigenvalue weighted by atomic mass is 14.0. The fourth-order valence-electron chi connectivity index (χ4n) is 1.28. The molecule has 0 nitrogen and oxygen atoms in total. The first kappa shape index (κ1) is 12.5. The fourth-order valence-corrected chi connectivity index (χ4v) is 1.28. The number of hydrogen-bond acceptors (Lipinski definition) is 0. The van der Waals surface area contributed by atoms with Crippen LogP contribution >= 0.6 is 0 Å². The maximum atomic E-state index is 3.84. The molecule has 75 valence electrons. The van der Waals surface area contributed by atoms with Crippen LogP contribution in [0, 0.1) is 6.92 Å². The third-order valence-electron chi connectivity index (χ3n) is 2.40. The van der Waals surface area contributed by atoms with E-state index in [1.807, 2.05) is 0 Å². The molecule has 0 aliphatic heterocycles. The Morgan fingerprint density at radius 3 is 2.31 bits per heavy atom. The van der Waals surface area contributed by atoms with E-state index in [-0.39, 0.29) is 0 Å². The summed E-state index contributed by atoms with van der Waals surface area (Å²) >= 11 is 0. The molecule has 0 heteroatoms. The van der Waals surface area contributed by atoms with Crippen molar-refractivity contribution in [2.45, 2.75) is 52.9 Å². The second-order valence-electron chi connectivity index (χ2n) is 3.45. The topological polar surface area (TPSA) is 0 Å². The van der Waals surface area contributed by atoms with E-state index in [2.05, 4.69) is 39.8 Å². The molecule has 0 saturated carbocycles. The van der Waals surface area contributed by atoms with Gasteiger partial charge in [0.25, 0.3) is 0 Å². The van der Waals surface area contributed by atoms with Crippen LogP contribution in [0.5, 0.6) is 0 Å². The molecule has 0 fully saturated rings. The van der Waals surface area contributed by atoms with E-state index in [4.69, 9.17) is 0 Å². The van der Waals surface area contributed by atoms with E-state index in [9.17, 15) is 0 Å². The van der Waals surface area contributed by atoms with Gasteiger partial charge in [-0.05, 0) is 46.0 Å². The molecule has 0 amide bonds. The molecule has 0 atom stereocenters. The third kappa shape index (κ3) is 6.62. The second kappa shape index (κ2) is 8.10. The summed E-state index contributed by atoms with van der Waals surface area (Å²) in [5, 5.41) is 0. The molecule has 0 aliphatic carbocycles. The molecule has 0 saturated heterocycles. The third-order valence-corrected chi connectivity index (χ3v) is 2.40. The van der Waals surface area contributed by atoms with Crippen LogP contribution in [0.15, 0.2) is 23.3 Å². The van der Waals surface area contributed by atoms with Gasteiger partial charge in [0.05, 0.1) is 0 Å². The highest BCUT2D eigenvalue weighted by Crippen LogP contribution is 2.12. The van der Waals surface area contributed by atoms with E-state index >= 15 is 0 Å². The molecule has 0 unspecified atom stereocenters. The van der Waals surface area contributed by atoms with Crippen LogP contribution in [0.3, 0.4) is 0 Å². The molecule has 0 bridgehead atoms. The molecule has 0 aromatic rings. The van der Waals surface area contributed by atoms with E-state index in [1.165, 1.54) is 31.3 Å². The van der Waals surface area contributed by atoms with E-state index in [1.54, 1.807) is 5.57 Å². The summed E-state index contributed by atoms with van der Waals surface area (Å²) in [6.07, 6.45) is 10.3. The van der Waals surface area contributed by atoms with E-state index in [0.717, 1.165) is 6.42 Å². The van der Waals surface area contributed by atoms with Crippen molar-refractivity contribution >= 4 is 0 Å². The average molecular weight is 179 g/mol. The lowest BCUT2D eigenvalue weighted by Gasteiger charge is -2.02. The van der Waals surface area contributed by atoms with Gasteiger partial charge in [-0.15, -0.1) is 0 Å². The number of rotatable bonds is 6. The highest BCUT2D eigenvalue weighted by Gasteiger charge is 1.92. The normalized spacial score (nSPS) is 13.5. The molecular formula is C13H23. The Morgan fingerprint density at radius 2 is 1.85 bits per heavy atom. The number of allylic oxidation sites excluding steroid dienone is 4. The summed E-state index contributed by atoms with van der Waals surface area (Å²) in [7, 11) is 0. The second-order valence-corrected chi connectivity index (χ2v) is 3.45. The Morgan fingerprint density at radius 1 is 1.15 bits per heavy atom. The molecule has 1 radical (unpaired) electrons. The monoisotopic (exact) mass is 179 g/mol. The van der Waals surface area contributed by atoms with Crippen molar-refractivity contribution in [1.29, 1.82) is 0 Å². The smallest absolute Gasteiger partial charge is 0.0286 e. The summed E-state index contributed by atoms with van der Waals surface area (Å²) in [6.45, 7) is 10.5. The van der Waals surface area contributed by atoms with Gasteiger partial charge in [0.2, 0.25) is 0 Å². The molecule has 0 aromatic carbocycles. The minimum absolute atomic E-state index is 0.930. The van der Waals surface area contributed by atoms with Gasteiger partial charge in [-0.3, -0.25) is 0 Å². The molecule has 13 heavy (non-hydrogen) atoms. The zero-order valence-corrected chi connectivity index (χ0v) is 9.40. The van der Waals surface area contributed by atoms with E-state index < -0.39 is 0 Å². The standard InChI is InChI=1S/C13H23/c1-5-9-13(7-3)11-8-10-12(4)6-2/h9-10H,1,5-8,11H2,2-4H3/b12-10-,13-9+. The van der Waals surface area contributed by atoms with Crippen molar-refractivity contribution in [2.24, 2.45) is 0 Å². The fraction of sp³-hybridized carbons (Fsp3) is 0.615. The maximum Gasteiger partial charge on any atom is -0.0286 e. The zero-order valence-electron chi connectivity index (χ0n) is 9.40. The maximum absolute atomic E-state index is 3.84. The van der Waals surface area contributed by atoms with Crippen LogP contribution in [-0.4, -0.2) is 0 Å². The minimum Gasteiger partial charge on any atom is -0.0853 e. The van der Waals surface area contributed by atoms with Gasteiger partial charge in [0.1, 0.15) is 0 Å². The molecular weight excluding hydrogens is 156 g/mol. The first-order chi connectivity index (χ1) is 6.24. The Kier molecular flexibility index (Phi) is 7.77. The van der Waals surface area contributed by atoms with Crippen molar-refractivity contribution < 1.29 is 0 Å². The SMILES string of the molecule is [CH2]C/C=C(\CC)CC/C=C(/C)CC. The van der Waals surface area contributed by atoms with Crippen molar-refractivity contribution in [3.63, 3.8) is 0 Å². The van der Waals surface area contributed by atoms with Crippen molar-refractivity contribution in [2.75, 3.05) is 0 Å². The summed E-state index contributed by atoms with van der Waals surface area (Å²) in [4.78, 5) is 0. The number of hydrogen-bond donors (Lipinski definition) is 0. The Labute approximate surface area is 83.7 Å². The molecule has 0 aromatic heterocycles. The largest absolute Gasteiger partial charge is 0.0853 e. The minimum atomic E-state index is 0.930. The van der Waals surface area contributed by atoms with Gasteiger partial charge >= 0.3 is 0 Å². The molecule has 0 rings (SSSR count). The molecule has 0 heterocycles. The average Bonchev–Trinajstić information content (AvgIpc) is 2.16. The van der Waals surface area contributed by atoms with Crippen molar-refractivity contribution in [3.05, 3.63) is 30.2 Å². The predicted octanol–water partition coefficient (Wildman–Crippen LogP) is 4.68. The van der Waals surface area contributed by atoms with Crippen LogP contribution in [0.4, 0.5) is 0 Å². The lowest BCUT2D eigenvalue weighted by atomic mass is 10.0. The van der Waals surface area contributed by atoms with E-state index in [0.29, 0.717) is 0 Å². The van der Waals surface area contributed by atoms with Crippen LogP contribution in [0.2, 0.25) is 0 Å². The summed E-state index contributed by atoms with van der Waals surface area (Å²) in [5.74, 6) is 0. The van der Waals surface area contributed by atoms with Gasteiger partial charge in [0.15, 0.2) is 0 Å². The molecule has 0 N–H and O–H groups in total. The molecule has 0 spiro atoms. The summed E-state index contributed by atoms with van der Waals surface area (Å²) < 4.78 is 0. The highest BCUT2D eigenvalue weighted by molar-refractivity contribution is 5.05. The lowest BCUT2D eigenvalue weighted by molar-refractivity contribution is 0.888. The van der Waals surface area contributed by atoms with Crippen LogP contribution in [-0.2, 0) is 0 Å². The Hall–Kier alpha value is -0.520. The lowest BCUT2D eigenvalue weighted by Crippen LogP contribution is -1.81. The van der Waals surface area contributed by atoms with Crippen LogP contribution in [0.25, 0.3) is 0 Å².